The molecule has 2 aromatic rings. The lowest BCUT2D eigenvalue weighted by atomic mass is 10.2. The van der Waals surface area contributed by atoms with Crippen molar-refractivity contribution in [3.63, 3.8) is 0 Å². The first-order valence-electron chi connectivity index (χ1n) is 5.13. The predicted molar refractivity (Wildman–Crippen MR) is 74.9 cm³/mol. The van der Waals surface area contributed by atoms with Gasteiger partial charge in [-0.1, -0.05) is 40.9 Å². The third kappa shape index (κ3) is 3.13. The molecule has 0 aliphatic carbocycles. The van der Waals surface area contributed by atoms with Crippen LogP contribution in [-0.2, 0) is 0 Å². The van der Waals surface area contributed by atoms with E-state index in [1.807, 2.05) is 0 Å². The van der Waals surface area contributed by atoms with Crippen LogP contribution in [-0.4, -0.2) is 11.1 Å². The maximum Gasteiger partial charge on any atom is 0.339 e. The Morgan fingerprint density at radius 2 is 1.79 bits per heavy atom. The standard InChI is InChI=1S/C13H7Cl3O3/c14-7-4-5-9(15)11(6-7)19-12-8(13(17)18)2-1-3-10(12)16/h1-6H,(H,17,18). The van der Waals surface area contributed by atoms with E-state index in [4.69, 9.17) is 44.6 Å². The predicted octanol–water partition coefficient (Wildman–Crippen LogP) is 5.14. The molecule has 0 aromatic heterocycles. The number of halogens is 3. The van der Waals surface area contributed by atoms with Gasteiger partial charge < -0.3 is 9.84 Å². The number of para-hydroxylation sites is 1. The summed E-state index contributed by atoms with van der Waals surface area (Å²) >= 11 is 17.7. The second kappa shape index (κ2) is 5.70. The van der Waals surface area contributed by atoms with Crippen molar-refractivity contribution in [3.05, 3.63) is 57.0 Å². The Morgan fingerprint density at radius 1 is 1.05 bits per heavy atom. The lowest BCUT2D eigenvalue weighted by molar-refractivity contribution is 0.0694. The largest absolute Gasteiger partial charge is 0.478 e. The van der Waals surface area contributed by atoms with Crippen molar-refractivity contribution in [2.24, 2.45) is 0 Å². The number of carboxylic acids is 1. The molecule has 0 saturated heterocycles. The van der Waals surface area contributed by atoms with E-state index in [9.17, 15) is 4.79 Å². The van der Waals surface area contributed by atoms with E-state index in [1.54, 1.807) is 12.1 Å². The maximum absolute atomic E-state index is 11.1. The van der Waals surface area contributed by atoms with Gasteiger partial charge in [-0.3, -0.25) is 0 Å². The Morgan fingerprint density at radius 3 is 2.47 bits per heavy atom. The number of carbonyl (C=O) groups is 1. The normalized spacial score (nSPS) is 10.3. The van der Waals surface area contributed by atoms with Crippen molar-refractivity contribution >= 4 is 40.8 Å². The van der Waals surface area contributed by atoms with Crippen LogP contribution >= 0.6 is 34.8 Å². The van der Waals surface area contributed by atoms with E-state index < -0.39 is 5.97 Å². The second-order valence-corrected chi connectivity index (χ2v) is 4.85. The van der Waals surface area contributed by atoms with Crippen LogP contribution in [0.1, 0.15) is 10.4 Å². The Hall–Kier alpha value is -1.42. The maximum atomic E-state index is 11.1. The Balaban J connectivity index is 2.49. The van der Waals surface area contributed by atoms with Crippen LogP contribution in [0.4, 0.5) is 0 Å². The van der Waals surface area contributed by atoms with Crippen molar-refractivity contribution < 1.29 is 14.6 Å². The highest BCUT2D eigenvalue weighted by Gasteiger charge is 2.16. The summed E-state index contributed by atoms with van der Waals surface area (Å²) < 4.78 is 5.48. The summed E-state index contributed by atoms with van der Waals surface area (Å²) in [6.45, 7) is 0. The molecular weight excluding hydrogens is 310 g/mol. The lowest BCUT2D eigenvalue weighted by Crippen LogP contribution is -2.00. The summed E-state index contributed by atoms with van der Waals surface area (Å²) in [5.41, 5.74) is -0.0523. The SMILES string of the molecule is O=C(O)c1cccc(Cl)c1Oc1cc(Cl)ccc1Cl. The van der Waals surface area contributed by atoms with Crippen molar-refractivity contribution in [2.75, 3.05) is 0 Å². The molecule has 0 aliphatic heterocycles. The van der Waals surface area contributed by atoms with Crippen LogP contribution in [0.3, 0.4) is 0 Å². The zero-order chi connectivity index (χ0) is 14.0. The molecule has 0 radical (unpaired) electrons. The van der Waals surface area contributed by atoms with Crippen LogP contribution < -0.4 is 4.74 Å². The topological polar surface area (TPSA) is 46.5 Å². The van der Waals surface area contributed by atoms with E-state index in [-0.39, 0.29) is 22.1 Å². The molecule has 2 rings (SSSR count). The Labute approximate surface area is 124 Å². The summed E-state index contributed by atoms with van der Waals surface area (Å²) in [5, 5.41) is 10.00. The van der Waals surface area contributed by atoms with Gasteiger partial charge in [0.05, 0.1) is 10.0 Å². The number of carboxylic acid groups (broad SMARTS) is 1. The third-order valence-corrected chi connectivity index (χ3v) is 3.15. The summed E-state index contributed by atoms with van der Waals surface area (Å²) in [7, 11) is 0. The first kappa shape index (κ1) is 14.0. The summed E-state index contributed by atoms with van der Waals surface area (Å²) in [6.07, 6.45) is 0. The summed E-state index contributed by atoms with van der Waals surface area (Å²) in [4.78, 5) is 11.1. The zero-order valence-electron chi connectivity index (χ0n) is 9.36. The minimum Gasteiger partial charge on any atom is -0.478 e. The van der Waals surface area contributed by atoms with Gasteiger partial charge in [-0.2, -0.15) is 0 Å². The molecule has 3 nitrogen and oxygen atoms in total. The molecule has 98 valence electrons. The molecule has 0 heterocycles. The fourth-order valence-corrected chi connectivity index (χ4v) is 1.98. The van der Waals surface area contributed by atoms with E-state index >= 15 is 0 Å². The van der Waals surface area contributed by atoms with E-state index in [2.05, 4.69) is 0 Å². The molecule has 0 aliphatic rings. The van der Waals surface area contributed by atoms with Gasteiger partial charge in [-0.25, -0.2) is 4.79 Å². The molecule has 6 heteroatoms. The number of rotatable bonds is 3. The molecule has 0 bridgehead atoms. The third-order valence-electron chi connectivity index (χ3n) is 2.30. The lowest BCUT2D eigenvalue weighted by Gasteiger charge is -2.11. The molecule has 0 unspecified atom stereocenters. The minimum absolute atomic E-state index is 0.0285. The second-order valence-electron chi connectivity index (χ2n) is 3.60. The Bertz CT molecular complexity index is 641. The number of benzene rings is 2. The average Bonchev–Trinajstić information content (AvgIpc) is 2.35. The quantitative estimate of drug-likeness (QED) is 0.853. The highest BCUT2D eigenvalue weighted by Crippen LogP contribution is 2.37. The van der Waals surface area contributed by atoms with E-state index in [0.717, 1.165) is 0 Å². The molecule has 0 fully saturated rings. The van der Waals surface area contributed by atoms with Crippen molar-refractivity contribution in [2.45, 2.75) is 0 Å². The highest BCUT2D eigenvalue weighted by molar-refractivity contribution is 6.34. The molecule has 0 atom stereocenters. The van der Waals surface area contributed by atoms with Gasteiger partial charge in [0, 0.05) is 11.1 Å². The van der Waals surface area contributed by atoms with Crippen LogP contribution in [0.2, 0.25) is 15.1 Å². The Kier molecular flexibility index (Phi) is 4.20. The average molecular weight is 318 g/mol. The van der Waals surface area contributed by atoms with Crippen LogP contribution in [0.5, 0.6) is 11.5 Å². The van der Waals surface area contributed by atoms with Gasteiger partial charge in [0.1, 0.15) is 11.3 Å². The molecule has 0 saturated carbocycles. The van der Waals surface area contributed by atoms with Gasteiger partial charge in [0.2, 0.25) is 0 Å². The van der Waals surface area contributed by atoms with Crippen LogP contribution in [0, 0.1) is 0 Å². The van der Waals surface area contributed by atoms with Crippen molar-refractivity contribution in [1.82, 2.24) is 0 Å². The molecule has 0 amide bonds. The molecule has 1 N–H and O–H groups in total. The van der Waals surface area contributed by atoms with Crippen molar-refractivity contribution in [3.8, 4) is 11.5 Å². The number of hydrogen-bond donors (Lipinski definition) is 1. The van der Waals surface area contributed by atoms with Crippen LogP contribution in [0.15, 0.2) is 36.4 Å². The summed E-state index contributed by atoms with van der Waals surface area (Å²) in [5.74, 6) is -0.874. The minimum atomic E-state index is -1.14. The molecule has 19 heavy (non-hydrogen) atoms. The number of ether oxygens (including phenoxy) is 1. The smallest absolute Gasteiger partial charge is 0.339 e. The highest BCUT2D eigenvalue weighted by atomic mass is 35.5. The zero-order valence-corrected chi connectivity index (χ0v) is 11.6. The van der Waals surface area contributed by atoms with Gasteiger partial charge >= 0.3 is 5.97 Å². The van der Waals surface area contributed by atoms with Crippen molar-refractivity contribution in [1.29, 1.82) is 0 Å². The first-order chi connectivity index (χ1) is 8.99. The van der Waals surface area contributed by atoms with E-state index in [0.29, 0.717) is 10.0 Å². The molecule has 0 spiro atoms. The van der Waals surface area contributed by atoms with Gasteiger partial charge in [0.15, 0.2) is 5.75 Å². The summed E-state index contributed by atoms with van der Waals surface area (Å²) in [6, 6.07) is 9.08. The van der Waals surface area contributed by atoms with Gasteiger partial charge in [0.25, 0.3) is 0 Å². The number of aromatic carboxylic acids is 1. The number of hydrogen-bond acceptors (Lipinski definition) is 2. The van der Waals surface area contributed by atoms with Crippen LogP contribution in [0.25, 0.3) is 0 Å². The van der Waals surface area contributed by atoms with Gasteiger partial charge in [-0.15, -0.1) is 0 Å². The monoisotopic (exact) mass is 316 g/mol. The molecular formula is C13H7Cl3O3. The van der Waals surface area contributed by atoms with Gasteiger partial charge in [-0.05, 0) is 24.3 Å². The first-order valence-corrected chi connectivity index (χ1v) is 6.27. The fraction of sp³-hybridized carbons (Fsp3) is 0. The van der Waals surface area contributed by atoms with E-state index in [1.165, 1.54) is 24.3 Å². The fourth-order valence-electron chi connectivity index (χ4n) is 1.45. The molecule has 2 aromatic carbocycles.